The first-order valence-electron chi connectivity index (χ1n) is 11.0. The van der Waals surface area contributed by atoms with Gasteiger partial charge in [0.05, 0.1) is 21.2 Å². The average Bonchev–Trinajstić information content (AvgIpc) is 2.89. The van der Waals surface area contributed by atoms with Crippen molar-refractivity contribution < 1.29 is 57.0 Å². The highest BCUT2D eigenvalue weighted by Crippen LogP contribution is 2.42. The van der Waals surface area contributed by atoms with Gasteiger partial charge in [-0.15, -0.1) is 10.2 Å². The molecule has 4 aromatic rings. The molecular weight excluding hydrogens is 657 g/mol. The van der Waals surface area contributed by atoms with Crippen LogP contribution in [0.1, 0.15) is 0 Å². The minimum atomic E-state index is -5.14. The molecule has 0 aliphatic rings. The summed E-state index contributed by atoms with van der Waals surface area (Å²) in [5.74, 6) is -1.16. The molecule has 0 radical (unpaired) electrons. The van der Waals surface area contributed by atoms with Gasteiger partial charge in [-0.1, -0.05) is 6.07 Å². The van der Waals surface area contributed by atoms with Crippen molar-refractivity contribution in [1.82, 2.24) is 0 Å². The van der Waals surface area contributed by atoms with E-state index in [0.717, 1.165) is 48.5 Å². The summed E-state index contributed by atoms with van der Waals surface area (Å²) in [4.78, 5) is -3.01. The van der Waals surface area contributed by atoms with E-state index in [0.29, 0.717) is 6.07 Å². The molecular formula is C22H16N4O13S4. The molecule has 226 valence electrons. The lowest BCUT2D eigenvalue weighted by Gasteiger charge is -2.10. The zero-order valence-electron chi connectivity index (χ0n) is 20.8. The number of rotatable bonds is 8. The maximum atomic E-state index is 12.0. The molecule has 43 heavy (non-hydrogen) atoms. The highest BCUT2D eigenvalue weighted by atomic mass is 32.2. The van der Waals surface area contributed by atoms with E-state index < -0.39 is 77.2 Å². The van der Waals surface area contributed by atoms with Crippen molar-refractivity contribution in [3.05, 3.63) is 66.7 Å². The SMILES string of the molecule is O=S(=O)(O)c1ccc(N=Nc2ccc(S(=O)(=O)O)c(N=Nc3c(O)c(S(=O)(=O)O)cc4cc(S(=O)(=O)O)ccc34)c2)cc1. The number of hydrogen-bond donors (Lipinski definition) is 5. The molecule has 5 N–H and O–H groups in total. The fraction of sp³-hybridized carbons (Fsp3) is 0. The van der Waals surface area contributed by atoms with E-state index in [2.05, 4.69) is 20.5 Å². The second-order valence-corrected chi connectivity index (χ2v) is 14.0. The summed E-state index contributed by atoms with van der Waals surface area (Å²) in [7, 11) is -19.3. The molecule has 0 amide bonds. The molecule has 0 atom stereocenters. The largest absolute Gasteiger partial charge is 0.504 e. The Hall–Kier alpha value is -4.22. The van der Waals surface area contributed by atoms with Crippen LogP contribution in [-0.4, -0.2) is 57.0 Å². The Morgan fingerprint density at radius 1 is 0.488 bits per heavy atom. The van der Waals surface area contributed by atoms with Crippen LogP contribution in [0.2, 0.25) is 0 Å². The number of phenolic OH excluding ortho intramolecular Hbond substituents is 1. The number of aromatic hydroxyl groups is 1. The fourth-order valence-corrected chi connectivity index (χ4v) is 5.77. The lowest BCUT2D eigenvalue weighted by Crippen LogP contribution is -2.00. The van der Waals surface area contributed by atoms with Gasteiger partial charge in [0.25, 0.3) is 40.5 Å². The van der Waals surface area contributed by atoms with Crippen LogP contribution in [0.25, 0.3) is 10.8 Å². The molecule has 0 fully saturated rings. The monoisotopic (exact) mass is 672 g/mol. The summed E-state index contributed by atoms with van der Waals surface area (Å²) >= 11 is 0. The molecule has 0 aromatic heterocycles. The van der Waals surface area contributed by atoms with Gasteiger partial charge in [-0.25, -0.2) is 0 Å². The minimum Gasteiger partial charge on any atom is -0.504 e. The number of hydrogen-bond acceptors (Lipinski definition) is 13. The number of fused-ring (bicyclic) bond motifs is 1. The maximum Gasteiger partial charge on any atom is 0.298 e. The Bertz CT molecular complexity index is 2290. The van der Waals surface area contributed by atoms with Crippen LogP contribution in [0.3, 0.4) is 0 Å². The van der Waals surface area contributed by atoms with Crippen molar-refractivity contribution in [2.24, 2.45) is 20.5 Å². The van der Waals surface area contributed by atoms with Gasteiger partial charge in [0.2, 0.25) is 0 Å². The van der Waals surface area contributed by atoms with E-state index in [9.17, 15) is 52.4 Å². The van der Waals surface area contributed by atoms with Crippen molar-refractivity contribution in [3.63, 3.8) is 0 Å². The second-order valence-electron chi connectivity index (χ2n) is 8.40. The maximum absolute atomic E-state index is 12.0. The van der Waals surface area contributed by atoms with E-state index in [1.807, 2.05) is 0 Å². The third kappa shape index (κ3) is 7.23. The van der Waals surface area contributed by atoms with Gasteiger partial charge in [-0.05, 0) is 66.0 Å². The van der Waals surface area contributed by atoms with Crippen LogP contribution in [0.5, 0.6) is 5.75 Å². The van der Waals surface area contributed by atoms with Gasteiger partial charge in [-0.2, -0.15) is 43.9 Å². The second kappa shape index (κ2) is 11.1. The quantitative estimate of drug-likeness (QED) is 0.129. The van der Waals surface area contributed by atoms with Crippen molar-refractivity contribution >= 4 is 74.0 Å². The van der Waals surface area contributed by atoms with Crippen molar-refractivity contribution in [2.45, 2.75) is 19.6 Å². The Kier molecular flexibility index (Phi) is 8.20. The molecule has 0 unspecified atom stereocenters. The Labute approximate surface area is 242 Å². The van der Waals surface area contributed by atoms with E-state index in [-0.39, 0.29) is 22.1 Å². The number of azo groups is 2. The van der Waals surface area contributed by atoms with Crippen molar-refractivity contribution in [1.29, 1.82) is 0 Å². The molecule has 4 rings (SSSR count). The summed E-state index contributed by atoms with van der Waals surface area (Å²) in [5.41, 5.74) is -1.25. The van der Waals surface area contributed by atoms with Crippen LogP contribution >= 0.6 is 0 Å². The first-order chi connectivity index (χ1) is 19.7. The van der Waals surface area contributed by atoms with E-state index in [1.54, 1.807) is 0 Å². The first-order valence-corrected chi connectivity index (χ1v) is 16.8. The van der Waals surface area contributed by atoms with Gasteiger partial charge in [0.1, 0.15) is 21.2 Å². The summed E-state index contributed by atoms with van der Waals surface area (Å²) < 4.78 is 131. The molecule has 17 nitrogen and oxygen atoms in total. The number of nitrogens with zero attached hydrogens (tertiary/aromatic N) is 4. The zero-order valence-corrected chi connectivity index (χ0v) is 24.0. The van der Waals surface area contributed by atoms with E-state index >= 15 is 0 Å². The van der Waals surface area contributed by atoms with Crippen LogP contribution in [0.15, 0.2) is 107 Å². The van der Waals surface area contributed by atoms with Crippen LogP contribution < -0.4 is 0 Å². The predicted octanol–water partition coefficient (Wildman–Crippen LogP) is 4.36. The van der Waals surface area contributed by atoms with E-state index in [1.165, 1.54) is 12.1 Å². The third-order valence-corrected chi connectivity index (χ3v) is 8.98. The molecule has 0 spiro atoms. The molecule has 0 bridgehead atoms. The zero-order chi connectivity index (χ0) is 32.0. The van der Waals surface area contributed by atoms with Crippen molar-refractivity contribution in [2.75, 3.05) is 0 Å². The van der Waals surface area contributed by atoms with Gasteiger partial charge in [0, 0.05) is 5.39 Å². The summed E-state index contributed by atoms with van der Waals surface area (Å²) in [5, 5.41) is 25.2. The summed E-state index contributed by atoms with van der Waals surface area (Å²) in [6.07, 6.45) is 0. The van der Waals surface area contributed by atoms with E-state index in [4.69, 9.17) is 4.55 Å². The summed E-state index contributed by atoms with van der Waals surface area (Å²) in [6, 6.07) is 10.8. The van der Waals surface area contributed by atoms with Gasteiger partial charge >= 0.3 is 0 Å². The Morgan fingerprint density at radius 2 is 1.02 bits per heavy atom. The summed E-state index contributed by atoms with van der Waals surface area (Å²) in [6.45, 7) is 0. The number of benzene rings is 4. The lowest BCUT2D eigenvalue weighted by atomic mass is 10.1. The molecule has 21 heteroatoms. The van der Waals surface area contributed by atoms with Gasteiger partial charge in [0.15, 0.2) is 5.75 Å². The third-order valence-electron chi connectivity index (χ3n) is 5.49. The highest BCUT2D eigenvalue weighted by molar-refractivity contribution is 7.86. The Morgan fingerprint density at radius 3 is 1.58 bits per heavy atom. The topological polar surface area (TPSA) is 287 Å². The molecule has 0 aliphatic carbocycles. The Balaban J connectivity index is 1.86. The normalized spacial score (nSPS) is 13.3. The lowest BCUT2D eigenvalue weighted by molar-refractivity contribution is 0.445. The molecule has 0 saturated carbocycles. The van der Waals surface area contributed by atoms with Crippen LogP contribution in [-0.2, 0) is 40.5 Å². The molecule has 0 saturated heterocycles. The fourth-order valence-electron chi connectivity index (χ4n) is 3.56. The average molecular weight is 673 g/mol. The minimum absolute atomic E-state index is 0.0845. The van der Waals surface area contributed by atoms with Crippen LogP contribution in [0, 0.1) is 0 Å². The molecule has 0 heterocycles. The first kappa shape index (κ1) is 31.7. The van der Waals surface area contributed by atoms with Crippen molar-refractivity contribution in [3.8, 4) is 5.75 Å². The standard InChI is InChI=1S/C22H16N4O13S4/c27-22-20(43(37,38)39)10-12-9-16(41(31,32)33)6-7-17(12)21(22)26-25-18-11-14(3-8-19(18)42(34,35)36)24-23-13-1-4-15(5-2-13)40(28,29)30/h1-11,27H,(H,28,29,30)(H,31,32,33)(H,34,35,36)(H,37,38,39). The van der Waals surface area contributed by atoms with Crippen LogP contribution in [0.4, 0.5) is 22.7 Å². The highest BCUT2D eigenvalue weighted by Gasteiger charge is 2.23. The number of phenols is 1. The molecule has 4 aromatic carbocycles. The van der Waals surface area contributed by atoms with Gasteiger partial charge < -0.3 is 5.11 Å². The predicted molar refractivity (Wildman–Crippen MR) is 146 cm³/mol. The smallest absolute Gasteiger partial charge is 0.298 e. The molecule has 0 aliphatic heterocycles. The van der Waals surface area contributed by atoms with Gasteiger partial charge in [-0.3, -0.25) is 18.2 Å².